The van der Waals surface area contributed by atoms with Crippen LogP contribution in [0.2, 0.25) is 0 Å². The molecule has 2 heterocycles. The second-order valence-electron chi connectivity index (χ2n) is 9.79. The molecule has 10 heteroatoms. The fourth-order valence-corrected chi connectivity index (χ4v) is 5.72. The number of hydrogen-bond acceptors (Lipinski definition) is 8. The van der Waals surface area contributed by atoms with Crippen LogP contribution in [0.1, 0.15) is 43.7 Å². The summed E-state index contributed by atoms with van der Waals surface area (Å²) in [6.07, 6.45) is 1.41. The standard InChI is InChI=1S/C33H27FN2O6S/c1-4-16-41-32(40)30-20(3)35-33(43-30)36-27(24-10-5-6-11-25(24)34)26(29(38)31(36)39)28(37)22-12-14-23(15-13-22)42-18-21-9-7-8-19(2)17-21/h4-15,17,27,37H,1,16,18H2,2-3H3/b28-26+. The molecule has 1 fully saturated rings. The number of aromatic nitrogens is 1. The van der Waals surface area contributed by atoms with Gasteiger partial charge in [0, 0.05) is 11.1 Å². The molecule has 0 aliphatic carbocycles. The van der Waals surface area contributed by atoms with Gasteiger partial charge in [-0.15, -0.1) is 0 Å². The third-order valence-corrected chi connectivity index (χ3v) is 7.91. The highest BCUT2D eigenvalue weighted by molar-refractivity contribution is 7.17. The van der Waals surface area contributed by atoms with E-state index in [4.69, 9.17) is 9.47 Å². The molecule has 1 unspecified atom stereocenters. The van der Waals surface area contributed by atoms with Crippen molar-refractivity contribution in [3.63, 3.8) is 0 Å². The summed E-state index contributed by atoms with van der Waals surface area (Å²) in [7, 11) is 0. The van der Waals surface area contributed by atoms with Crippen molar-refractivity contribution in [1.29, 1.82) is 0 Å². The molecule has 1 amide bonds. The quantitative estimate of drug-likeness (QED) is 0.0776. The average Bonchev–Trinajstić information content (AvgIpc) is 3.51. The number of hydrogen-bond donors (Lipinski definition) is 1. The van der Waals surface area contributed by atoms with Gasteiger partial charge in [-0.25, -0.2) is 14.2 Å². The fraction of sp³-hybridized carbons (Fsp3) is 0.152. The fourth-order valence-electron chi connectivity index (χ4n) is 4.73. The van der Waals surface area contributed by atoms with Crippen LogP contribution in [0.25, 0.3) is 5.76 Å². The maximum absolute atomic E-state index is 15.2. The van der Waals surface area contributed by atoms with E-state index in [-0.39, 0.29) is 39.0 Å². The van der Waals surface area contributed by atoms with Crippen molar-refractivity contribution in [3.8, 4) is 5.75 Å². The van der Waals surface area contributed by atoms with E-state index >= 15 is 4.39 Å². The molecule has 5 rings (SSSR count). The van der Waals surface area contributed by atoms with Crippen LogP contribution in [-0.2, 0) is 20.9 Å². The lowest BCUT2D eigenvalue weighted by Gasteiger charge is -2.23. The van der Waals surface area contributed by atoms with Crippen LogP contribution in [0.3, 0.4) is 0 Å². The van der Waals surface area contributed by atoms with Crippen molar-refractivity contribution in [2.45, 2.75) is 26.5 Å². The topological polar surface area (TPSA) is 106 Å². The number of anilines is 1. The number of thiazole rings is 1. The Morgan fingerprint density at radius 1 is 1.09 bits per heavy atom. The molecular weight excluding hydrogens is 571 g/mol. The predicted octanol–water partition coefficient (Wildman–Crippen LogP) is 6.45. The number of aliphatic hydroxyl groups excluding tert-OH is 1. The van der Waals surface area contributed by atoms with Gasteiger partial charge in [-0.05, 0) is 49.7 Å². The Morgan fingerprint density at radius 3 is 2.53 bits per heavy atom. The first-order valence-corrected chi connectivity index (χ1v) is 14.1. The maximum Gasteiger partial charge on any atom is 0.350 e. The maximum atomic E-state index is 15.2. The van der Waals surface area contributed by atoms with Crippen LogP contribution >= 0.6 is 11.3 Å². The summed E-state index contributed by atoms with van der Waals surface area (Å²) in [6.45, 7) is 7.37. The number of nitrogens with zero attached hydrogens (tertiary/aromatic N) is 2. The molecule has 0 radical (unpaired) electrons. The van der Waals surface area contributed by atoms with Crippen molar-refractivity contribution < 1.29 is 33.4 Å². The van der Waals surface area contributed by atoms with Crippen LogP contribution in [0.4, 0.5) is 9.52 Å². The third-order valence-electron chi connectivity index (χ3n) is 6.77. The molecule has 4 aromatic rings. The summed E-state index contributed by atoms with van der Waals surface area (Å²) in [5.74, 6) is -3.37. The van der Waals surface area contributed by atoms with Crippen LogP contribution < -0.4 is 9.64 Å². The molecule has 1 aliphatic rings. The van der Waals surface area contributed by atoms with E-state index in [1.54, 1.807) is 37.3 Å². The number of ether oxygens (including phenoxy) is 2. The minimum Gasteiger partial charge on any atom is -0.507 e. The highest BCUT2D eigenvalue weighted by Gasteiger charge is 2.49. The Balaban J connectivity index is 1.52. The Kier molecular flexibility index (Phi) is 8.49. The van der Waals surface area contributed by atoms with E-state index in [1.165, 1.54) is 24.3 Å². The van der Waals surface area contributed by atoms with E-state index in [0.29, 0.717) is 12.4 Å². The lowest BCUT2D eigenvalue weighted by molar-refractivity contribution is -0.132. The molecule has 1 aliphatic heterocycles. The first-order valence-electron chi connectivity index (χ1n) is 13.3. The van der Waals surface area contributed by atoms with Gasteiger partial charge in [0.15, 0.2) is 5.13 Å². The normalized spacial score (nSPS) is 15.9. The molecule has 0 saturated carbocycles. The van der Waals surface area contributed by atoms with Crippen molar-refractivity contribution >= 4 is 39.9 Å². The lowest BCUT2D eigenvalue weighted by Crippen LogP contribution is -2.29. The monoisotopic (exact) mass is 598 g/mol. The van der Waals surface area contributed by atoms with Crippen LogP contribution in [-0.4, -0.2) is 34.4 Å². The number of Topliss-reactive ketones (excluding diaryl/α,β-unsaturated/α-hetero) is 1. The molecule has 8 nitrogen and oxygen atoms in total. The third kappa shape index (κ3) is 5.96. The molecule has 1 N–H and O–H groups in total. The Hall–Kier alpha value is -5.09. The molecule has 0 bridgehead atoms. The van der Waals surface area contributed by atoms with E-state index < -0.39 is 35.3 Å². The highest BCUT2D eigenvalue weighted by Crippen LogP contribution is 2.44. The smallest absolute Gasteiger partial charge is 0.350 e. The van der Waals surface area contributed by atoms with Gasteiger partial charge in [0.2, 0.25) is 0 Å². The van der Waals surface area contributed by atoms with Gasteiger partial charge in [0.25, 0.3) is 5.78 Å². The second-order valence-corrected chi connectivity index (χ2v) is 10.8. The van der Waals surface area contributed by atoms with Crippen LogP contribution in [0.15, 0.2) is 91.0 Å². The summed E-state index contributed by atoms with van der Waals surface area (Å²) >= 11 is 0.831. The summed E-state index contributed by atoms with van der Waals surface area (Å²) < 4.78 is 26.2. The zero-order valence-corrected chi connectivity index (χ0v) is 24.2. The second kappa shape index (κ2) is 12.4. The lowest BCUT2D eigenvalue weighted by atomic mass is 9.95. The first kappa shape index (κ1) is 29.4. The summed E-state index contributed by atoms with van der Waals surface area (Å²) in [5, 5.41) is 11.4. The van der Waals surface area contributed by atoms with Gasteiger partial charge < -0.3 is 14.6 Å². The van der Waals surface area contributed by atoms with Gasteiger partial charge in [0.05, 0.1) is 11.3 Å². The van der Waals surface area contributed by atoms with Gasteiger partial charge in [-0.1, -0.05) is 72.0 Å². The van der Waals surface area contributed by atoms with E-state index in [9.17, 15) is 19.5 Å². The van der Waals surface area contributed by atoms with E-state index in [0.717, 1.165) is 27.4 Å². The molecule has 218 valence electrons. The number of rotatable bonds is 9. The molecule has 1 saturated heterocycles. The number of amides is 1. The minimum atomic E-state index is -1.35. The number of benzene rings is 3. The SMILES string of the molecule is C=CCOC(=O)c1sc(N2C(=O)C(=O)/C(=C(/O)c3ccc(OCc4cccc(C)c4)cc3)C2c2ccccc2F)nc1C. The largest absolute Gasteiger partial charge is 0.507 e. The molecule has 3 aromatic carbocycles. The summed E-state index contributed by atoms with van der Waals surface area (Å²) in [6, 6.07) is 18.6. The van der Waals surface area contributed by atoms with Crippen molar-refractivity contribution in [2.75, 3.05) is 11.5 Å². The number of halogens is 1. The molecule has 0 spiro atoms. The average molecular weight is 599 g/mol. The number of ketones is 1. The zero-order valence-electron chi connectivity index (χ0n) is 23.4. The number of carbonyl (C=O) groups excluding carboxylic acids is 3. The van der Waals surface area contributed by atoms with Gasteiger partial charge >= 0.3 is 11.9 Å². The summed E-state index contributed by atoms with van der Waals surface area (Å²) in [5.41, 5.74) is 2.26. The molecule has 43 heavy (non-hydrogen) atoms. The van der Waals surface area contributed by atoms with Gasteiger partial charge in [-0.2, -0.15) is 0 Å². The number of carbonyl (C=O) groups is 3. The van der Waals surface area contributed by atoms with Crippen molar-refractivity contribution in [2.24, 2.45) is 0 Å². The number of aryl methyl sites for hydroxylation is 2. The zero-order chi connectivity index (χ0) is 30.7. The van der Waals surface area contributed by atoms with Crippen LogP contribution in [0, 0.1) is 19.7 Å². The Bertz CT molecular complexity index is 1760. The number of aliphatic hydroxyl groups is 1. The molecular formula is C33H27FN2O6S. The molecule has 1 atom stereocenters. The van der Waals surface area contributed by atoms with E-state index in [1.807, 2.05) is 31.2 Å². The van der Waals surface area contributed by atoms with Gasteiger partial charge in [-0.3, -0.25) is 14.5 Å². The Morgan fingerprint density at radius 2 is 1.84 bits per heavy atom. The van der Waals surface area contributed by atoms with Gasteiger partial charge in [0.1, 0.15) is 41.5 Å². The van der Waals surface area contributed by atoms with Crippen LogP contribution in [0.5, 0.6) is 5.75 Å². The number of esters is 1. The predicted molar refractivity (Wildman–Crippen MR) is 160 cm³/mol. The van der Waals surface area contributed by atoms with Crippen molar-refractivity contribution in [3.05, 3.63) is 130 Å². The Labute approximate surface area is 251 Å². The molecule has 1 aromatic heterocycles. The highest BCUT2D eigenvalue weighted by atomic mass is 32.1. The summed E-state index contributed by atoms with van der Waals surface area (Å²) in [4.78, 5) is 44.9. The van der Waals surface area contributed by atoms with E-state index in [2.05, 4.69) is 11.6 Å². The minimum absolute atomic E-state index is 0.0163. The first-order chi connectivity index (χ1) is 20.7. The van der Waals surface area contributed by atoms with Crippen molar-refractivity contribution in [1.82, 2.24) is 4.98 Å².